The van der Waals surface area contributed by atoms with Gasteiger partial charge >= 0.3 is 0 Å². The van der Waals surface area contributed by atoms with Gasteiger partial charge in [-0.25, -0.2) is 0 Å². The van der Waals surface area contributed by atoms with Gasteiger partial charge in [0.1, 0.15) is 6.29 Å². The second-order valence-corrected chi connectivity index (χ2v) is 3.88. The predicted octanol–water partition coefficient (Wildman–Crippen LogP) is 2.81. The highest BCUT2D eigenvalue weighted by Gasteiger charge is 2.10. The lowest BCUT2D eigenvalue weighted by molar-refractivity contribution is -0.110. The van der Waals surface area contributed by atoms with Gasteiger partial charge in [0.25, 0.3) is 0 Å². The van der Waals surface area contributed by atoms with Crippen LogP contribution in [-0.2, 0) is 9.53 Å². The largest absolute Gasteiger partial charge is 0.381 e. The fourth-order valence-electron chi connectivity index (χ4n) is 1.30. The molecular weight excluding hydrogens is 164 g/mol. The van der Waals surface area contributed by atoms with Crippen LogP contribution in [0.15, 0.2) is 0 Å². The van der Waals surface area contributed by atoms with Crippen LogP contribution in [0, 0.1) is 5.92 Å². The summed E-state index contributed by atoms with van der Waals surface area (Å²) in [6, 6.07) is 0. The van der Waals surface area contributed by atoms with Gasteiger partial charge in [0.2, 0.25) is 0 Å². The molecular formula is C11H22O2. The molecule has 1 rings (SSSR count). The molecule has 0 aromatic carbocycles. The van der Waals surface area contributed by atoms with E-state index in [1.807, 2.05) is 21.0 Å². The van der Waals surface area contributed by atoms with E-state index in [0.717, 1.165) is 6.29 Å². The van der Waals surface area contributed by atoms with Gasteiger partial charge < -0.3 is 9.53 Å². The molecule has 78 valence electrons. The highest BCUT2D eigenvalue weighted by molar-refractivity contribution is 5.51. The van der Waals surface area contributed by atoms with Gasteiger partial charge in [-0.2, -0.15) is 0 Å². The molecule has 0 heterocycles. The van der Waals surface area contributed by atoms with Gasteiger partial charge in [0.15, 0.2) is 0 Å². The third kappa shape index (κ3) is 7.97. The first-order chi connectivity index (χ1) is 6.20. The van der Waals surface area contributed by atoms with Crippen LogP contribution in [0.5, 0.6) is 0 Å². The number of aldehydes is 1. The highest BCUT2D eigenvalue weighted by Crippen LogP contribution is 2.18. The van der Waals surface area contributed by atoms with Crippen LogP contribution < -0.4 is 0 Å². The fraction of sp³-hybridized carbons (Fsp3) is 0.909. The zero-order valence-electron chi connectivity index (χ0n) is 9.08. The summed E-state index contributed by atoms with van der Waals surface area (Å²) in [5, 5.41) is 0. The second-order valence-electron chi connectivity index (χ2n) is 3.88. The quantitative estimate of drug-likeness (QED) is 0.620. The number of methoxy groups -OCH3 is 1. The number of hydrogen-bond donors (Lipinski definition) is 0. The van der Waals surface area contributed by atoms with E-state index in [1.165, 1.54) is 32.1 Å². The first-order valence-corrected chi connectivity index (χ1v) is 5.18. The van der Waals surface area contributed by atoms with Crippen molar-refractivity contribution in [2.24, 2.45) is 5.92 Å². The van der Waals surface area contributed by atoms with E-state index >= 15 is 0 Å². The van der Waals surface area contributed by atoms with Gasteiger partial charge in [-0.15, -0.1) is 0 Å². The van der Waals surface area contributed by atoms with Crippen molar-refractivity contribution in [2.45, 2.75) is 52.1 Å². The second kappa shape index (κ2) is 8.24. The number of ether oxygens (including phenoxy) is 1. The van der Waals surface area contributed by atoms with Gasteiger partial charge in [-0.1, -0.05) is 33.1 Å². The Morgan fingerprint density at radius 2 is 1.69 bits per heavy atom. The van der Waals surface area contributed by atoms with Crippen molar-refractivity contribution in [3.63, 3.8) is 0 Å². The Hall–Kier alpha value is -0.370. The molecule has 0 N–H and O–H groups in total. The molecule has 0 radical (unpaired) electrons. The van der Waals surface area contributed by atoms with Crippen LogP contribution in [-0.4, -0.2) is 19.5 Å². The van der Waals surface area contributed by atoms with E-state index in [4.69, 9.17) is 4.74 Å². The Morgan fingerprint density at radius 1 is 1.23 bits per heavy atom. The molecule has 0 spiro atoms. The van der Waals surface area contributed by atoms with Gasteiger partial charge in [0.05, 0.1) is 6.10 Å². The third-order valence-electron chi connectivity index (χ3n) is 2.16. The van der Waals surface area contributed by atoms with Crippen molar-refractivity contribution in [3.05, 3.63) is 0 Å². The van der Waals surface area contributed by atoms with Crippen molar-refractivity contribution in [1.82, 2.24) is 0 Å². The lowest BCUT2D eigenvalue weighted by Gasteiger charge is -2.19. The molecule has 0 saturated heterocycles. The molecule has 1 aliphatic rings. The molecule has 0 amide bonds. The van der Waals surface area contributed by atoms with Crippen LogP contribution in [0.4, 0.5) is 0 Å². The number of rotatable bonds is 2. The van der Waals surface area contributed by atoms with Crippen molar-refractivity contribution in [3.8, 4) is 0 Å². The van der Waals surface area contributed by atoms with Crippen molar-refractivity contribution >= 4 is 6.29 Å². The van der Waals surface area contributed by atoms with Crippen LogP contribution in [0.2, 0.25) is 0 Å². The van der Waals surface area contributed by atoms with Crippen molar-refractivity contribution in [2.75, 3.05) is 7.11 Å². The summed E-state index contributed by atoms with van der Waals surface area (Å²) in [4.78, 5) is 9.50. The Balaban J connectivity index is 0.000000252. The van der Waals surface area contributed by atoms with Gasteiger partial charge in [0, 0.05) is 13.0 Å². The lowest BCUT2D eigenvalue weighted by Crippen LogP contribution is -2.13. The molecule has 0 unspecified atom stereocenters. The molecule has 1 saturated carbocycles. The minimum absolute atomic E-state index is 0.204. The highest BCUT2D eigenvalue weighted by atomic mass is 16.5. The smallest absolute Gasteiger partial charge is 0.122 e. The van der Waals surface area contributed by atoms with E-state index in [2.05, 4.69) is 0 Å². The predicted molar refractivity (Wildman–Crippen MR) is 54.8 cm³/mol. The van der Waals surface area contributed by atoms with Crippen LogP contribution in [0.1, 0.15) is 46.0 Å². The average Bonchev–Trinajstić information content (AvgIpc) is 2.20. The molecule has 2 heteroatoms. The summed E-state index contributed by atoms with van der Waals surface area (Å²) in [6.07, 6.45) is 8.24. The normalized spacial score (nSPS) is 17.8. The summed E-state index contributed by atoms with van der Waals surface area (Å²) in [6.45, 7) is 3.71. The van der Waals surface area contributed by atoms with E-state index in [0.29, 0.717) is 6.10 Å². The summed E-state index contributed by atoms with van der Waals surface area (Å²) in [5.41, 5.74) is 0. The molecule has 1 aliphatic carbocycles. The molecule has 2 nitrogen and oxygen atoms in total. The van der Waals surface area contributed by atoms with E-state index in [-0.39, 0.29) is 5.92 Å². The minimum atomic E-state index is 0.204. The van der Waals surface area contributed by atoms with Crippen molar-refractivity contribution < 1.29 is 9.53 Å². The van der Waals surface area contributed by atoms with Gasteiger partial charge in [-0.3, -0.25) is 0 Å². The third-order valence-corrected chi connectivity index (χ3v) is 2.16. The molecule has 1 fully saturated rings. The Bertz CT molecular complexity index is 115. The first-order valence-electron chi connectivity index (χ1n) is 5.18. The first kappa shape index (κ1) is 12.6. The standard InChI is InChI=1S/C7H14O.C4H8O/c1-8-7-5-3-2-4-6-7;1-4(2)3-5/h7H,2-6H2,1H3;3-4H,1-2H3. The van der Waals surface area contributed by atoms with Crippen LogP contribution in [0.3, 0.4) is 0 Å². The maximum absolute atomic E-state index is 9.50. The molecule has 0 aliphatic heterocycles. The Morgan fingerprint density at radius 3 is 1.92 bits per heavy atom. The van der Waals surface area contributed by atoms with E-state index in [9.17, 15) is 4.79 Å². The van der Waals surface area contributed by atoms with Crippen molar-refractivity contribution in [1.29, 1.82) is 0 Å². The summed E-state index contributed by atoms with van der Waals surface area (Å²) < 4.78 is 5.19. The average molecular weight is 186 g/mol. The van der Waals surface area contributed by atoms with Crippen LogP contribution in [0.25, 0.3) is 0 Å². The maximum atomic E-state index is 9.50. The molecule has 13 heavy (non-hydrogen) atoms. The summed E-state index contributed by atoms with van der Waals surface area (Å²) >= 11 is 0. The number of hydrogen-bond acceptors (Lipinski definition) is 2. The fourth-order valence-corrected chi connectivity index (χ4v) is 1.30. The topological polar surface area (TPSA) is 26.3 Å². The van der Waals surface area contributed by atoms with Crippen LogP contribution >= 0.6 is 0 Å². The molecule has 0 aromatic heterocycles. The summed E-state index contributed by atoms with van der Waals surface area (Å²) in [5.74, 6) is 0.204. The van der Waals surface area contributed by atoms with E-state index in [1.54, 1.807) is 0 Å². The maximum Gasteiger partial charge on any atom is 0.122 e. The number of carbonyl (C=O) groups is 1. The molecule has 0 atom stereocenters. The van der Waals surface area contributed by atoms with E-state index < -0.39 is 0 Å². The Labute approximate surface area is 81.7 Å². The zero-order valence-corrected chi connectivity index (χ0v) is 9.08. The van der Waals surface area contributed by atoms with Gasteiger partial charge in [-0.05, 0) is 12.8 Å². The lowest BCUT2D eigenvalue weighted by atomic mass is 9.98. The SMILES string of the molecule is CC(C)C=O.COC1CCCCC1. The minimum Gasteiger partial charge on any atom is -0.381 e. The summed E-state index contributed by atoms with van der Waals surface area (Å²) in [7, 11) is 1.82. The monoisotopic (exact) mass is 186 g/mol. The number of carbonyl (C=O) groups excluding carboxylic acids is 1. The molecule has 0 aromatic rings. The Kier molecular flexibility index (Phi) is 8.00. The molecule has 0 bridgehead atoms. The zero-order chi connectivity index (χ0) is 10.1.